The van der Waals surface area contributed by atoms with Gasteiger partial charge in [0, 0.05) is 11.1 Å². The first-order valence-electron chi connectivity index (χ1n) is 8.94. The van der Waals surface area contributed by atoms with E-state index in [1.54, 1.807) is 6.92 Å². The summed E-state index contributed by atoms with van der Waals surface area (Å²) in [6, 6.07) is 14.9. The summed E-state index contributed by atoms with van der Waals surface area (Å²) in [6.45, 7) is 1.66. The number of terminal acetylenes is 1. The predicted octanol–water partition coefficient (Wildman–Crippen LogP) is 4.46. The molecular weight excluding hydrogens is 403 g/mol. The second-order valence-corrected chi connectivity index (χ2v) is 7.21. The Morgan fingerprint density at radius 2 is 1.90 bits per heavy atom. The maximum atomic E-state index is 13.5. The highest BCUT2D eigenvalue weighted by atomic mass is 32.2. The number of carbonyl (C=O) groups is 1. The summed E-state index contributed by atoms with van der Waals surface area (Å²) in [5.41, 5.74) is 1.97. The van der Waals surface area contributed by atoms with Gasteiger partial charge in [-0.25, -0.2) is 9.37 Å². The predicted molar refractivity (Wildman–Crippen MR) is 111 cm³/mol. The highest BCUT2D eigenvalue weighted by molar-refractivity contribution is 7.99. The zero-order chi connectivity index (χ0) is 21.1. The summed E-state index contributed by atoms with van der Waals surface area (Å²) in [4.78, 5) is 17.9. The molecule has 0 saturated heterocycles. The van der Waals surface area contributed by atoms with Gasteiger partial charge in [0.15, 0.2) is 5.82 Å². The topological polar surface area (TPSA) is 73.8 Å². The van der Waals surface area contributed by atoms with Gasteiger partial charge in [-0.15, -0.1) is 11.5 Å². The summed E-state index contributed by atoms with van der Waals surface area (Å²) >= 11 is 1.23. The third-order valence-electron chi connectivity index (χ3n) is 4.29. The molecule has 0 unspecified atom stereocenters. The van der Waals surface area contributed by atoms with E-state index in [2.05, 4.69) is 21.2 Å². The highest BCUT2D eigenvalue weighted by Crippen LogP contribution is 2.28. The number of aryl methyl sites for hydroxylation is 1. The highest BCUT2D eigenvalue weighted by Gasteiger charge is 2.27. The van der Waals surface area contributed by atoms with Crippen molar-refractivity contribution < 1.29 is 13.7 Å². The molecule has 0 spiro atoms. The molecule has 4 rings (SSSR count). The fourth-order valence-electron chi connectivity index (χ4n) is 2.91. The molecule has 0 atom stereocenters. The Kier molecular flexibility index (Phi) is 5.46. The molecule has 0 saturated carbocycles. The molecule has 4 aromatic rings. The van der Waals surface area contributed by atoms with Crippen molar-refractivity contribution in [3.05, 3.63) is 71.7 Å². The van der Waals surface area contributed by atoms with Crippen molar-refractivity contribution in [1.29, 1.82) is 0 Å². The Bertz CT molecular complexity index is 1240. The van der Waals surface area contributed by atoms with Crippen LogP contribution in [0.4, 0.5) is 4.39 Å². The lowest BCUT2D eigenvalue weighted by Gasteiger charge is -2.06. The van der Waals surface area contributed by atoms with Crippen LogP contribution in [0, 0.1) is 25.1 Å². The quantitative estimate of drug-likeness (QED) is 0.352. The second kappa shape index (κ2) is 8.35. The number of nitrogens with zero attached hydrogens (tertiary/aromatic N) is 4. The molecule has 2 aromatic carbocycles. The van der Waals surface area contributed by atoms with E-state index in [0.29, 0.717) is 27.9 Å². The number of carbonyl (C=O) groups excluding carboxylic acids is 1. The van der Waals surface area contributed by atoms with Crippen molar-refractivity contribution in [2.24, 2.45) is 0 Å². The molecule has 0 N–H and O–H groups in total. The van der Waals surface area contributed by atoms with Crippen molar-refractivity contribution in [3.63, 3.8) is 0 Å². The van der Waals surface area contributed by atoms with E-state index in [0.717, 1.165) is 5.56 Å². The average Bonchev–Trinajstić information content (AvgIpc) is 3.37. The molecule has 30 heavy (non-hydrogen) atoms. The molecule has 0 amide bonds. The first-order valence-corrected chi connectivity index (χ1v) is 9.92. The number of hydrogen-bond acceptors (Lipinski definition) is 6. The second-order valence-electron chi connectivity index (χ2n) is 6.26. The van der Waals surface area contributed by atoms with E-state index in [1.807, 2.05) is 30.3 Å². The largest absolute Gasteiger partial charge is 0.360 e. The monoisotopic (exact) mass is 418 g/mol. The van der Waals surface area contributed by atoms with Crippen LogP contribution in [0.5, 0.6) is 0 Å². The van der Waals surface area contributed by atoms with E-state index in [1.165, 1.54) is 40.7 Å². The van der Waals surface area contributed by atoms with Crippen LogP contribution in [-0.4, -0.2) is 31.6 Å². The van der Waals surface area contributed by atoms with Crippen LogP contribution in [0.25, 0.3) is 22.6 Å². The third kappa shape index (κ3) is 3.75. The van der Waals surface area contributed by atoms with Crippen LogP contribution in [0.1, 0.15) is 16.1 Å². The molecule has 0 radical (unpaired) electrons. The standard InChI is InChI=1S/C22H15FN4O2S/c1-3-13-30-22-24-20(16-9-11-17(23)12-10-16)27(25-22)21(28)18-14(2)29-26-19(18)15-7-5-4-6-8-15/h1,4-12H,13H2,2H3. The van der Waals surface area contributed by atoms with Gasteiger partial charge in [-0.3, -0.25) is 4.79 Å². The average molecular weight is 418 g/mol. The van der Waals surface area contributed by atoms with E-state index >= 15 is 0 Å². The minimum absolute atomic E-state index is 0.277. The van der Waals surface area contributed by atoms with Crippen LogP contribution in [0.15, 0.2) is 64.3 Å². The molecule has 2 aromatic heterocycles. The Morgan fingerprint density at radius 1 is 1.17 bits per heavy atom. The maximum absolute atomic E-state index is 13.5. The van der Waals surface area contributed by atoms with Gasteiger partial charge in [0.1, 0.15) is 22.8 Å². The van der Waals surface area contributed by atoms with Crippen LogP contribution < -0.4 is 0 Å². The number of rotatable bonds is 5. The SMILES string of the molecule is C#CCSc1nc(-c2ccc(F)cc2)n(C(=O)c2c(-c3ccccc3)noc2C)n1. The van der Waals surface area contributed by atoms with Gasteiger partial charge >= 0.3 is 0 Å². The van der Waals surface area contributed by atoms with E-state index in [-0.39, 0.29) is 17.2 Å². The van der Waals surface area contributed by atoms with Crippen LogP contribution >= 0.6 is 11.8 Å². The van der Waals surface area contributed by atoms with Gasteiger partial charge in [-0.1, -0.05) is 53.2 Å². The zero-order valence-electron chi connectivity index (χ0n) is 15.9. The van der Waals surface area contributed by atoms with E-state index < -0.39 is 5.91 Å². The molecule has 148 valence electrons. The first kappa shape index (κ1) is 19.6. The normalized spacial score (nSPS) is 10.7. The van der Waals surface area contributed by atoms with Gasteiger partial charge in [0.2, 0.25) is 5.16 Å². The molecule has 0 aliphatic carbocycles. The summed E-state index contributed by atoms with van der Waals surface area (Å²) in [7, 11) is 0. The smallest absolute Gasteiger partial charge is 0.286 e. The van der Waals surface area contributed by atoms with Crippen molar-refractivity contribution in [1.82, 2.24) is 19.9 Å². The van der Waals surface area contributed by atoms with Gasteiger partial charge in [0.05, 0.1) is 5.75 Å². The van der Waals surface area contributed by atoms with Crippen molar-refractivity contribution in [3.8, 4) is 35.0 Å². The van der Waals surface area contributed by atoms with E-state index in [9.17, 15) is 9.18 Å². The van der Waals surface area contributed by atoms with Crippen molar-refractivity contribution in [2.75, 3.05) is 5.75 Å². The Labute approximate surface area is 176 Å². The van der Waals surface area contributed by atoms with Gasteiger partial charge in [-0.2, -0.15) is 4.68 Å². The molecule has 2 heterocycles. The lowest BCUT2D eigenvalue weighted by atomic mass is 10.1. The minimum Gasteiger partial charge on any atom is -0.360 e. The summed E-state index contributed by atoms with van der Waals surface area (Å²) in [5, 5.41) is 8.75. The number of thioether (sulfide) groups is 1. The number of hydrogen-bond donors (Lipinski definition) is 0. The van der Waals surface area contributed by atoms with Crippen molar-refractivity contribution in [2.45, 2.75) is 12.1 Å². The fraction of sp³-hybridized carbons (Fsp3) is 0.0909. The molecule has 8 heteroatoms. The lowest BCUT2D eigenvalue weighted by molar-refractivity contribution is 0.0944. The number of aromatic nitrogens is 4. The van der Waals surface area contributed by atoms with Gasteiger partial charge < -0.3 is 4.52 Å². The molecule has 6 nitrogen and oxygen atoms in total. The maximum Gasteiger partial charge on any atom is 0.286 e. The first-order chi connectivity index (χ1) is 14.6. The fourth-order valence-corrected chi connectivity index (χ4v) is 3.41. The van der Waals surface area contributed by atoms with E-state index in [4.69, 9.17) is 10.9 Å². The Morgan fingerprint density at radius 3 is 2.60 bits per heavy atom. The van der Waals surface area contributed by atoms with Crippen LogP contribution in [0.2, 0.25) is 0 Å². The summed E-state index contributed by atoms with van der Waals surface area (Å²) in [6.07, 6.45) is 5.33. The van der Waals surface area contributed by atoms with Gasteiger partial charge in [0.25, 0.3) is 5.91 Å². The Hall–Kier alpha value is -3.70. The molecule has 0 aliphatic heterocycles. The number of benzene rings is 2. The lowest BCUT2D eigenvalue weighted by Crippen LogP contribution is -2.16. The summed E-state index contributed by atoms with van der Waals surface area (Å²) < 4.78 is 19.9. The molecular formula is C22H15FN4O2S. The van der Waals surface area contributed by atoms with Gasteiger partial charge in [-0.05, 0) is 31.2 Å². The number of halogens is 1. The third-order valence-corrected chi connectivity index (χ3v) is 5.03. The molecule has 0 fully saturated rings. The summed E-state index contributed by atoms with van der Waals surface area (Å²) in [5.74, 6) is 2.65. The minimum atomic E-state index is -0.452. The zero-order valence-corrected chi connectivity index (χ0v) is 16.7. The van der Waals surface area contributed by atoms with Crippen LogP contribution in [-0.2, 0) is 0 Å². The molecule has 0 bridgehead atoms. The van der Waals surface area contributed by atoms with Crippen LogP contribution in [0.3, 0.4) is 0 Å². The molecule has 0 aliphatic rings. The Balaban J connectivity index is 1.83. The van der Waals surface area contributed by atoms with Crippen molar-refractivity contribution >= 4 is 17.7 Å².